The normalized spacial score (nSPS) is 21.7. The van der Waals surface area contributed by atoms with E-state index in [1.54, 1.807) is 12.1 Å². The van der Waals surface area contributed by atoms with E-state index in [4.69, 9.17) is 0 Å². The van der Waals surface area contributed by atoms with E-state index in [2.05, 4.69) is 22.3 Å². The number of rotatable bonds is 6. The van der Waals surface area contributed by atoms with Crippen molar-refractivity contribution in [3.05, 3.63) is 29.8 Å². The standard InChI is InChI=1S/C22H32N4O5S/c1-16-5-9-18(10-6-16)24-21(28)25-32(30,31)19-11-7-17(8-12-19)13-14-23-22(29)26-15-3-2-4-20(26)27/h7-8,11-12,16,18H,2-6,9-10,13-15H2,1H3,(H,23,29)(H2,24,25,28). The Morgan fingerprint density at radius 3 is 2.41 bits per heavy atom. The van der Waals surface area contributed by atoms with E-state index < -0.39 is 22.1 Å². The van der Waals surface area contributed by atoms with Crippen LogP contribution in [0.4, 0.5) is 9.59 Å². The Labute approximate surface area is 189 Å². The molecule has 1 aromatic rings. The molecule has 1 heterocycles. The molecule has 0 unspecified atom stereocenters. The van der Waals surface area contributed by atoms with Crippen LogP contribution in [0.25, 0.3) is 0 Å². The molecule has 1 aromatic carbocycles. The third-order valence-corrected chi connectivity index (χ3v) is 7.42. The number of carbonyl (C=O) groups is 3. The molecular weight excluding hydrogens is 432 g/mol. The van der Waals surface area contributed by atoms with Gasteiger partial charge in [0, 0.05) is 25.6 Å². The molecule has 1 saturated heterocycles. The Kier molecular flexibility index (Phi) is 8.11. The summed E-state index contributed by atoms with van der Waals surface area (Å²) in [6.07, 6.45) is 6.27. The number of likely N-dealkylation sites (tertiary alicyclic amines) is 1. The molecule has 5 amide bonds. The van der Waals surface area contributed by atoms with Crippen LogP contribution >= 0.6 is 0 Å². The zero-order valence-electron chi connectivity index (χ0n) is 18.4. The van der Waals surface area contributed by atoms with Gasteiger partial charge in [-0.05, 0) is 68.6 Å². The lowest BCUT2D eigenvalue weighted by Crippen LogP contribution is -2.46. The highest BCUT2D eigenvalue weighted by Crippen LogP contribution is 2.23. The number of carbonyl (C=O) groups excluding carboxylic acids is 3. The summed E-state index contributed by atoms with van der Waals surface area (Å²) in [5.41, 5.74) is 0.829. The van der Waals surface area contributed by atoms with Crippen LogP contribution in [-0.2, 0) is 21.2 Å². The molecule has 1 aliphatic heterocycles. The van der Waals surface area contributed by atoms with Crippen molar-refractivity contribution in [1.82, 2.24) is 20.3 Å². The molecule has 0 bridgehead atoms. The highest BCUT2D eigenvalue weighted by atomic mass is 32.2. The van der Waals surface area contributed by atoms with Gasteiger partial charge in [-0.15, -0.1) is 0 Å². The predicted molar refractivity (Wildman–Crippen MR) is 119 cm³/mol. The largest absolute Gasteiger partial charge is 0.337 e. The number of imide groups is 1. The maximum absolute atomic E-state index is 12.5. The van der Waals surface area contributed by atoms with Crippen molar-refractivity contribution in [2.75, 3.05) is 13.1 Å². The molecule has 176 valence electrons. The zero-order valence-corrected chi connectivity index (χ0v) is 19.2. The third-order valence-electron chi connectivity index (χ3n) is 6.07. The maximum Gasteiger partial charge on any atom is 0.328 e. The predicted octanol–water partition coefficient (Wildman–Crippen LogP) is 2.52. The Bertz CT molecular complexity index is 924. The molecule has 2 aliphatic rings. The van der Waals surface area contributed by atoms with Gasteiger partial charge in [0.05, 0.1) is 4.90 Å². The minimum Gasteiger partial charge on any atom is -0.337 e. The highest BCUT2D eigenvalue weighted by Gasteiger charge is 2.24. The van der Waals surface area contributed by atoms with Gasteiger partial charge in [-0.2, -0.15) is 0 Å². The first-order valence-electron chi connectivity index (χ1n) is 11.2. The monoisotopic (exact) mass is 464 g/mol. The van der Waals surface area contributed by atoms with Gasteiger partial charge in [-0.25, -0.2) is 22.7 Å². The summed E-state index contributed by atoms with van der Waals surface area (Å²) in [4.78, 5) is 37.3. The van der Waals surface area contributed by atoms with E-state index in [0.29, 0.717) is 31.8 Å². The molecule has 9 nitrogen and oxygen atoms in total. The van der Waals surface area contributed by atoms with Crippen molar-refractivity contribution >= 4 is 28.0 Å². The summed E-state index contributed by atoms with van der Waals surface area (Å²) in [6, 6.07) is 5.06. The fourth-order valence-corrected chi connectivity index (χ4v) is 4.98. The van der Waals surface area contributed by atoms with Gasteiger partial charge in [0.15, 0.2) is 0 Å². The second-order valence-corrected chi connectivity index (χ2v) is 10.3. The van der Waals surface area contributed by atoms with Gasteiger partial charge in [0.25, 0.3) is 10.0 Å². The second-order valence-electron chi connectivity index (χ2n) is 8.66. The molecule has 32 heavy (non-hydrogen) atoms. The molecule has 0 aromatic heterocycles. The Morgan fingerprint density at radius 2 is 1.75 bits per heavy atom. The van der Waals surface area contributed by atoms with Crippen LogP contribution in [0.3, 0.4) is 0 Å². The zero-order chi connectivity index (χ0) is 23.1. The topological polar surface area (TPSA) is 125 Å². The van der Waals surface area contributed by atoms with E-state index in [1.165, 1.54) is 17.0 Å². The summed E-state index contributed by atoms with van der Waals surface area (Å²) in [5.74, 6) is 0.483. The number of hydrogen-bond acceptors (Lipinski definition) is 5. The Hall–Kier alpha value is -2.62. The minimum atomic E-state index is -3.97. The first-order chi connectivity index (χ1) is 15.2. The van der Waals surface area contributed by atoms with Crippen molar-refractivity contribution < 1.29 is 22.8 Å². The number of amides is 5. The molecule has 10 heteroatoms. The summed E-state index contributed by atoms with van der Waals surface area (Å²) < 4.78 is 27.1. The first kappa shape index (κ1) is 24.0. The molecule has 0 atom stereocenters. The average Bonchev–Trinajstić information content (AvgIpc) is 2.75. The summed E-state index contributed by atoms with van der Waals surface area (Å²) in [6.45, 7) is 2.95. The van der Waals surface area contributed by atoms with E-state index in [9.17, 15) is 22.8 Å². The molecule has 2 fully saturated rings. The molecule has 3 rings (SSSR count). The Balaban J connectivity index is 1.45. The number of sulfonamides is 1. The quantitative estimate of drug-likeness (QED) is 0.597. The van der Waals surface area contributed by atoms with Gasteiger partial charge in [-0.3, -0.25) is 9.69 Å². The number of piperidine rings is 1. The average molecular weight is 465 g/mol. The second kappa shape index (κ2) is 10.8. The van der Waals surface area contributed by atoms with Crippen molar-refractivity contribution in [2.45, 2.75) is 69.2 Å². The SMILES string of the molecule is CC1CCC(NC(=O)NS(=O)(=O)c2ccc(CCNC(=O)N3CCCCC3=O)cc2)CC1. The lowest BCUT2D eigenvalue weighted by molar-refractivity contribution is -0.130. The molecule has 3 N–H and O–H groups in total. The first-order valence-corrected chi connectivity index (χ1v) is 12.7. The van der Waals surface area contributed by atoms with Crippen LogP contribution in [-0.4, -0.2) is 50.4 Å². The van der Waals surface area contributed by atoms with Gasteiger partial charge < -0.3 is 10.6 Å². The van der Waals surface area contributed by atoms with Gasteiger partial charge >= 0.3 is 12.1 Å². The maximum atomic E-state index is 12.5. The van der Waals surface area contributed by atoms with Crippen LogP contribution in [0.15, 0.2) is 29.2 Å². The lowest BCUT2D eigenvalue weighted by atomic mass is 9.87. The van der Waals surface area contributed by atoms with Crippen molar-refractivity contribution in [3.63, 3.8) is 0 Å². The van der Waals surface area contributed by atoms with Crippen LogP contribution in [0.2, 0.25) is 0 Å². The number of urea groups is 2. The summed E-state index contributed by atoms with van der Waals surface area (Å²) in [5, 5.41) is 5.47. The van der Waals surface area contributed by atoms with Crippen LogP contribution in [0.5, 0.6) is 0 Å². The van der Waals surface area contributed by atoms with Gasteiger partial charge in [0.1, 0.15) is 0 Å². The smallest absolute Gasteiger partial charge is 0.328 e. The number of benzene rings is 1. The highest BCUT2D eigenvalue weighted by molar-refractivity contribution is 7.90. The van der Waals surface area contributed by atoms with Crippen LogP contribution < -0.4 is 15.4 Å². The molecule has 1 aliphatic carbocycles. The van der Waals surface area contributed by atoms with E-state index >= 15 is 0 Å². The fourth-order valence-electron chi connectivity index (χ4n) is 4.07. The number of nitrogens with one attached hydrogen (secondary N) is 3. The van der Waals surface area contributed by atoms with Gasteiger partial charge in [0.2, 0.25) is 5.91 Å². The van der Waals surface area contributed by atoms with E-state index in [0.717, 1.165) is 44.1 Å². The van der Waals surface area contributed by atoms with Crippen molar-refractivity contribution in [2.24, 2.45) is 5.92 Å². The van der Waals surface area contributed by atoms with E-state index in [-0.39, 0.29) is 16.8 Å². The minimum absolute atomic E-state index is 0.000725. The lowest BCUT2D eigenvalue weighted by Gasteiger charge is -2.26. The molecule has 1 saturated carbocycles. The summed E-state index contributed by atoms with van der Waals surface area (Å²) in [7, 11) is -3.97. The van der Waals surface area contributed by atoms with Gasteiger partial charge in [-0.1, -0.05) is 19.1 Å². The number of nitrogens with zero attached hydrogens (tertiary/aromatic N) is 1. The molecular formula is C22H32N4O5S. The molecule has 0 radical (unpaired) electrons. The fraction of sp³-hybridized carbons (Fsp3) is 0.591. The van der Waals surface area contributed by atoms with Crippen molar-refractivity contribution in [3.8, 4) is 0 Å². The van der Waals surface area contributed by atoms with Crippen LogP contribution in [0.1, 0.15) is 57.4 Å². The van der Waals surface area contributed by atoms with Crippen molar-refractivity contribution in [1.29, 1.82) is 0 Å². The third kappa shape index (κ3) is 6.69. The van der Waals surface area contributed by atoms with Crippen LogP contribution in [0, 0.1) is 5.92 Å². The molecule has 0 spiro atoms. The Morgan fingerprint density at radius 1 is 1.06 bits per heavy atom. The summed E-state index contributed by atoms with van der Waals surface area (Å²) >= 11 is 0. The van der Waals surface area contributed by atoms with E-state index in [1.807, 2.05) is 0 Å². The number of hydrogen-bond donors (Lipinski definition) is 3.